The summed E-state index contributed by atoms with van der Waals surface area (Å²) < 4.78 is 1.08. The first-order valence-corrected chi connectivity index (χ1v) is 11.1. The number of carbonyl (C=O) groups excluding carboxylic acids is 2. The Morgan fingerprint density at radius 2 is 1.89 bits per heavy atom. The van der Waals surface area contributed by atoms with Crippen LogP contribution in [-0.4, -0.2) is 23.6 Å². The van der Waals surface area contributed by atoms with Crippen LogP contribution in [0, 0.1) is 0 Å². The first-order chi connectivity index (χ1) is 13.4. The van der Waals surface area contributed by atoms with Crippen molar-refractivity contribution in [3.63, 3.8) is 0 Å². The molecule has 28 heavy (non-hydrogen) atoms. The number of halogens is 1. The Morgan fingerprint density at radius 3 is 2.46 bits per heavy atom. The smallest absolute Gasteiger partial charge is 0.233 e. The van der Waals surface area contributed by atoms with Crippen LogP contribution < -0.4 is 10.6 Å². The quantitative estimate of drug-likeness (QED) is 0.563. The summed E-state index contributed by atoms with van der Waals surface area (Å²) in [4.78, 5) is 24.7. The third-order valence-corrected chi connectivity index (χ3v) is 6.81. The maximum atomic E-state index is 12.6. The van der Waals surface area contributed by atoms with E-state index in [0.717, 1.165) is 27.9 Å². The second kappa shape index (κ2) is 9.14. The summed E-state index contributed by atoms with van der Waals surface area (Å²) in [6.45, 7) is 4.08. The SMILES string of the molecule is CC(=O)Nc1ccc(SC(C)C(=O)NCC2(c3cccc(Br)c3)CCC2)cc1. The fourth-order valence-corrected chi connectivity index (χ4v) is 4.76. The van der Waals surface area contributed by atoms with Crippen LogP contribution in [-0.2, 0) is 15.0 Å². The molecule has 148 valence electrons. The van der Waals surface area contributed by atoms with Crippen LogP contribution in [0.25, 0.3) is 0 Å². The van der Waals surface area contributed by atoms with Crippen molar-refractivity contribution in [3.8, 4) is 0 Å². The summed E-state index contributed by atoms with van der Waals surface area (Å²) in [7, 11) is 0. The molecule has 6 heteroatoms. The van der Waals surface area contributed by atoms with Crippen LogP contribution in [0.15, 0.2) is 57.9 Å². The van der Waals surface area contributed by atoms with Crippen molar-refractivity contribution in [1.29, 1.82) is 0 Å². The van der Waals surface area contributed by atoms with Gasteiger partial charge < -0.3 is 10.6 Å². The van der Waals surface area contributed by atoms with Gasteiger partial charge in [-0.25, -0.2) is 0 Å². The Morgan fingerprint density at radius 1 is 1.18 bits per heavy atom. The zero-order valence-corrected chi connectivity index (χ0v) is 18.5. The van der Waals surface area contributed by atoms with Gasteiger partial charge in [-0.3, -0.25) is 9.59 Å². The third kappa shape index (κ3) is 5.17. The van der Waals surface area contributed by atoms with Crippen LogP contribution >= 0.6 is 27.7 Å². The van der Waals surface area contributed by atoms with E-state index in [2.05, 4.69) is 44.8 Å². The minimum atomic E-state index is -0.189. The molecular formula is C22H25BrN2O2S. The molecule has 0 aliphatic heterocycles. The molecule has 1 fully saturated rings. The van der Waals surface area contributed by atoms with E-state index in [0.29, 0.717) is 6.54 Å². The second-order valence-corrected chi connectivity index (χ2v) is 9.66. The number of thioether (sulfide) groups is 1. The molecule has 0 saturated heterocycles. The van der Waals surface area contributed by atoms with E-state index in [1.165, 1.54) is 30.7 Å². The summed E-state index contributed by atoms with van der Waals surface area (Å²) in [5.74, 6) is -0.0410. The van der Waals surface area contributed by atoms with Gasteiger partial charge in [0.15, 0.2) is 0 Å². The zero-order chi connectivity index (χ0) is 20.1. The van der Waals surface area contributed by atoms with Gasteiger partial charge in [0.1, 0.15) is 0 Å². The predicted octanol–water partition coefficient (Wildman–Crippen LogP) is 5.13. The Hall–Kier alpha value is -1.79. The van der Waals surface area contributed by atoms with Crippen molar-refractivity contribution in [2.45, 2.75) is 48.7 Å². The molecule has 1 atom stereocenters. The molecule has 3 rings (SSSR count). The van der Waals surface area contributed by atoms with E-state index >= 15 is 0 Å². The van der Waals surface area contributed by atoms with E-state index < -0.39 is 0 Å². The second-order valence-electron chi connectivity index (χ2n) is 7.33. The van der Waals surface area contributed by atoms with Crippen LogP contribution in [0.1, 0.15) is 38.7 Å². The molecule has 0 bridgehead atoms. The molecule has 1 aliphatic carbocycles. The monoisotopic (exact) mass is 460 g/mol. The van der Waals surface area contributed by atoms with E-state index in [1.807, 2.05) is 37.3 Å². The van der Waals surface area contributed by atoms with Gasteiger partial charge in [0.2, 0.25) is 11.8 Å². The largest absolute Gasteiger partial charge is 0.354 e. The zero-order valence-electron chi connectivity index (χ0n) is 16.1. The Labute approximate surface area is 179 Å². The molecule has 1 saturated carbocycles. The van der Waals surface area contributed by atoms with Crippen LogP contribution in [0.4, 0.5) is 5.69 Å². The maximum Gasteiger partial charge on any atom is 0.233 e. The van der Waals surface area contributed by atoms with E-state index in [-0.39, 0.29) is 22.5 Å². The summed E-state index contributed by atoms with van der Waals surface area (Å²) in [6.07, 6.45) is 3.42. The summed E-state index contributed by atoms with van der Waals surface area (Å²) >= 11 is 5.07. The summed E-state index contributed by atoms with van der Waals surface area (Å²) in [5.41, 5.74) is 2.11. The minimum Gasteiger partial charge on any atom is -0.354 e. The highest BCUT2D eigenvalue weighted by Crippen LogP contribution is 2.43. The molecule has 1 unspecified atom stereocenters. The summed E-state index contributed by atoms with van der Waals surface area (Å²) in [5, 5.41) is 5.73. The molecule has 0 heterocycles. The average molecular weight is 461 g/mol. The molecular weight excluding hydrogens is 436 g/mol. The van der Waals surface area contributed by atoms with Gasteiger partial charge in [-0.1, -0.05) is 34.5 Å². The highest BCUT2D eigenvalue weighted by molar-refractivity contribution is 9.10. The maximum absolute atomic E-state index is 12.6. The standard InChI is InChI=1S/C22H25BrN2O2S/c1-15(28-20-9-7-19(8-10-20)25-16(2)26)21(27)24-14-22(11-4-12-22)17-5-3-6-18(23)13-17/h3,5-10,13,15H,4,11-12,14H2,1-2H3,(H,24,27)(H,25,26). The predicted molar refractivity (Wildman–Crippen MR) is 119 cm³/mol. The highest BCUT2D eigenvalue weighted by atomic mass is 79.9. The van der Waals surface area contributed by atoms with Gasteiger partial charge in [0.25, 0.3) is 0 Å². The van der Waals surface area contributed by atoms with E-state index in [1.54, 1.807) is 0 Å². The third-order valence-electron chi connectivity index (χ3n) is 5.21. The number of carbonyl (C=O) groups is 2. The number of hydrogen-bond donors (Lipinski definition) is 2. The van der Waals surface area contributed by atoms with Gasteiger partial charge >= 0.3 is 0 Å². The van der Waals surface area contributed by atoms with Gasteiger partial charge in [-0.05, 0) is 61.7 Å². The van der Waals surface area contributed by atoms with E-state index in [4.69, 9.17) is 0 Å². The first-order valence-electron chi connectivity index (χ1n) is 9.46. The summed E-state index contributed by atoms with van der Waals surface area (Å²) in [6, 6.07) is 16.0. The lowest BCUT2D eigenvalue weighted by Gasteiger charge is -2.43. The lowest BCUT2D eigenvalue weighted by Crippen LogP contribution is -2.47. The van der Waals surface area contributed by atoms with Gasteiger partial charge in [0.05, 0.1) is 5.25 Å². The number of rotatable bonds is 7. The molecule has 0 radical (unpaired) electrons. The molecule has 1 aliphatic rings. The van der Waals surface area contributed by atoms with Crippen molar-refractivity contribution in [2.75, 3.05) is 11.9 Å². The minimum absolute atomic E-state index is 0.0530. The number of anilines is 1. The van der Waals surface area contributed by atoms with Gasteiger partial charge in [-0.15, -0.1) is 11.8 Å². The van der Waals surface area contributed by atoms with Gasteiger partial charge in [0, 0.05) is 33.9 Å². The molecule has 2 aromatic rings. The fourth-order valence-electron chi connectivity index (χ4n) is 3.47. The number of amides is 2. The first kappa shape index (κ1) is 20.9. The average Bonchev–Trinajstić information content (AvgIpc) is 2.62. The number of nitrogens with one attached hydrogen (secondary N) is 2. The molecule has 2 N–H and O–H groups in total. The van der Waals surface area contributed by atoms with Crippen LogP contribution in [0.5, 0.6) is 0 Å². The molecule has 2 aromatic carbocycles. The number of hydrogen-bond acceptors (Lipinski definition) is 3. The highest BCUT2D eigenvalue weighted by Gasteiger charge is 2.39. The van der Waals surface area contributed by atoms with Crippen molar-refractivity contribution in [3.05, 3.63) is 58.6 Å². The molecule has 4 nitrogen and oxygen atoms in total. The van der Waals surface area contributed by atoms with Crippen LogP contribution in [0.3, 0.4) is 0 Å². The van der Waals surface area contributed by atoms with E-state index in [9.17, 15) is 9.59 Å². The lowest BCUT2D eigenvalue weighted by atomic mass is 9.64. The Bertz CT molecular complexity index is 850. The lowest BCUT2D eigenvalue weighted by molar-refractivity contribution is -0.120. The van der Waals surface area contributed by atoms with Gasteiger partial charge in [-0.2, -0.15) is 0 Å². The van der Waals surface area contributed by atoms with Crippen LogP contribution in [0.2, 0.25) is 0 Å². The normalized spacial score (nSPS) is 16.0. The number of benzene rings is 2. The molecule has 0 spiro atoms. The fraction of sp³-hybridized carbons (Fsp3) is 0.364. The van der Waals surface area contributed by atoms with Crippen molar-refractivity contribution < 1.29 is 9.59 Å². The van der Waals surface area contributed by atoms with Crippen molar-refractivity contribution in [1.82, 2.24) is 5.32 Å². The van der Waals surface area contributed by atoms with Crippen molar-refractivity contribution >= 4 is 45.2 Å². The van der Waals surface area contributed by atoms with Crippen molar-refractivity contribution in [2.24, 2.45) is 0 Å². The topological polar surface area (TPSA) is 58.2 Å². The molecule has 2 amide bonds. The Kier molecular flexibility index (Phi) is 6.83. The Balaban J connectivity index is 1.56. The molecule has 0 aromatic heterocycles.